The van der Waals surface area contributed by atoms with Gasteiger partial charge >= 0.3 is 5.97 Å². The molecule has 0 saturated carbocycles. The number of carbonyl (C=O) groups is 2. The zero-order valence-corrected chi connectivity index (χ0v) is 19.8. The molecule has 3 aromatic rings. The standard InChI is InChI=1S/C25H25FN2O5S/c1-31-21-8-5-18(13-22(21)32-2)23-27-20(15-34-23)14-33-25(30)17-9-11-28(12-10-17)24(29)16-3-6-19(26)7-4-16/h3-8,13,15,17H,9-12,14H2,1-2H3. The van der Waals surface area contributed by atoms with Crippen LogP contribution in [0.2, 0.25) is 0 Å². The highest BCUT2D eigenvalue weighted by Gasteiger charge is 2.29. The monoisotopic (exact) mass is 484 g/mol. The maximum Gasteiger partial charge on any atom is 0.309 e. The minimum Gasteiger partial charge on any atom is -0.493 e. The highest BCUT2D eigenvalue weighted by atomic mass is 32.1. The zero-order chi connectivity index (χ0) is 24.1. The van der Waals surface area contributed by atoms with E-state index < -0.39 is 0 Å². The van der Waals surface area contributed by atoms with Gasteiger partial charge in [0.2, 0.25) is 0 Å². The van der Waals surface area contributed by atoms with Gasteiger partial charge < -0.3 is 19.1 Å². The summed E-state index contributed by atoms with van der Waals surface area (Å²) in [5.41, 5.74) is 2.00. The maximum absolute atomic E-state index is 13.1. The Morgan fingerprint density at radius 1 is 1.06 bits per heavy atom. The van der Waals surface area contributed by atoms with Gasteiger partial charge in [0.05, 0.1) is 25.8 Å². The van der Waals surface area contributed by atoms with Crippen LogP contribution in [0.1, 0.15) is 28.9 Å². The molecule has 1 saturated heterocycles. The summed E-state index contributed by atoms with van der Waals surface area (Å²) in [7, 11) is 3.16. The van der Waals surface area contributed by atoms with Crippen molar-refractivity contribution in [2.24, 2.45) is 5.92 Å². The number of esters is 1. The molecule has 0 radical (unpaired) electrons. The molecule has 0 atom stereocenters. The van der Waals surface area contributed by atoms with Gasteiger partial charge in [-0.15, -0.1) is 11.3 Å². The number of aromatic nitrogens is 1. The van der Waals surface area contributed by atoms with Crippen LogP contribution >= 0.6 is 11.3 Å². The molecule has 1 aliphatic rings. The number of halogens is 1. The molecule has 0 aliphatic carbocycles. The Morgan fingerprint density at radius 2 is 1.76 bits per heavy atom. The molecule has 34 heavy (non-hydrogen) atoms. The van der Waals surface area contributed by atoms with Crippen molar-refractivity contribution >= 4 is 23.2 Å². The first-order valence-electron chi connectivity index (χ1n) is 10.9. The Balaban J connectivity index is 1.28. The summed E-state index contributed by atoms with van der Waals surface area (Å²) in [6.45, 7) is 1.00. The first-order valence-corrected chi connectivity index (χ1v) is 11.7. The van der Waals surface area contributed by atoms with E-state index in [-0.39, 0.29) is 30.2 Å². The number of benzene rings is 2. The van der Waals surface area contributed by atoms with Crippen molar-refractivity contribution in [1.29, 1.82) is 0 Å². The van der Waals surface area contributed by atoms with E-state index in [4.69, 9.17) is 14.2 Å². The van der Waals surface area contributed by atoms with Gasteiger partial charge in [0.15, 0.2) is 11.5 Å². The molecule has 1 aliphatic heterocycles. The molecule has 1 aromatic heterocycles. The van der Waals surface area contributed by atoms with Crippen LogP contribution in [-0.4, -0.2) is 49.1 Å². The van der Waals surface area contributed by atoms with Crippen molar-refractivity contribution in [3.05, 3.63) is 64.9 Å². The summed E-state index contributed by atoms with van der Waals surface area (Å²) in [4.78, 5) is 31.4. The predicted octanol–water partition coefficient (Wildman–Crippen LogP) is 4.56. The summed E-state index contributed by atoms with van der Waals surface area (Å²) in [5, 5.41) is 2.66. The molecule has 1 amide bonds. The van der Waals surface area contributed by atoms with Gasteiger partial charge in [-0.1, -0.05) is 0 Å². The number of carbonyl (C=O) groups excluding carboxylic acids is 2. The molecule has 7 nitrogen and oxygen atoms in total. The Morgan fingerprint density at radius 3 is 2.44 bits per heavy atom. The average molecular weight is 485 g/mol. The fourth-order valence-corrected chi connectivity index (χ4v) is 4.63. The number of likely N-dealkylation sites (tertiary alicyclic amines) is 1. The molecule has 0 bridgehead atoms. The lowest BCUT2D eigenvalue weighted by atomic mass is 9.96. The van der Waals surface area contributed by atoms with Crippen molar-refractivity contribution < 1.29 is 28.2 Å². The molecule has 0 N–H and O–H groups in total. The normalized spacial score (nSPS) is 14.0. The van der Waals surface area contributed by atoms with E-state index in [0.29, 0.717) is 48.7 Å². The summed E-state index contributed by atoms with van der Waals surface area (Å²) >= 11 is 1.46. The summed E-state index contributed by atoms with van der Waals surface area (Å²) in [6.07, 6.45) is 1.06. The highest BCUT2D eigenvalue weighted by Crippen LogP contribution is 2.33. The van der Waals surface area contributed by atoms with Crippen molar-refractivity contribution in [3.8, 4) is 22.1 Å². The molecule has 1 fully saturated rings. The third kappa shape index (κ3) is 5.36. The number of thiazole rings is 1. The van der Waals surface area contributed by atoms with Gasteiger partial charge in [-0.25, -0.2) is 9.37 Å². The van der Waals surface area contributed by atoms with Crippen LogP contribution in [0.3, 0.4) is 0 Å². The smallest absolute Gasteiger partial charge is 0.309 e. The Kier molecular flexibility index (Phi) is 7.42. The Labute approximate surface area is 201 Å². The topological polar surface area (TPSA) is 78.0 Å². The van der Waals surface area contributed by atoms with Crippen LogP contribution in [-0.2, 0) is 16.1 Å². The third-order valence-corrected chi connectivity index (χ3v) is 6.69. The maximum atomic E-state index is 13.1. The molecule has 4 rings (SSSR count). The van der Waals surface area contributed by atoms with Gasteiger partial charge in [-0.05, 0) is 55.3 Å². The van der Waals surface area contributed by atoms with Crippen LogP contribution in [0.5, 0.6) is 11.5 Å². The van der Waals surface area contributed by atoms with Crippen LogP contribution < -0.4 is 9.47 Å². The van der Waals surface area contributed by atoms with E-state index in [0.717, 1.165) is 10.6 Å². The minimum atomic E-state index is -0.381. The Bertz CT molecular complexity index is 1160. The zero-order valence-electron chi connectivity index (χ0n) is 19.0. The van der Waals surface area contributed by atoms with E-state index in [9.17, 15) is 14.0 Å². The minimum absolute atomic E-state index is 0.0946. The van der Waals surface area contributed by atoms with E-state index >= 15 is 0 Å². The van der Waals surface area contributed by atoms with Crippen LogP contribution in [0.25, 0.3) is 10.6 Å². The van der Waals surface area contributed by atoms with Crippen molar-refractivity contribution in [1.82, 2.24) is 9.88 Å². The van der Waals surface area contributed by atoms with Crippen LogP contribution in [0.4, 0.5) is 4.39 Å². The number of nitrogens with zero attached hydrogens (tertiary/aromatic N) is 2. The average Bonchev–Trinajstić information content (AvgIpc) is 3.36. The molecule has 0 unspecified atom stereocenters. The van der Waals surface area contributed by atoms with E-state index in [1.807, 2.05) is 23.6 Å². The fraction of sp³-hybridized carbons (Fsp3) is 0.320. The molecular weight excluding hydrogens is 459 g/mol. The lowest BCUT2D eigenvalue weighted by Crippen LogP contribution is -2.40. The first-order chi connectivity index (χ1) is 16.5. The second kappa shape index (κ2) is 10.6. The lowest BCUT2D eigenvalue weighted by molar-refractivity contribution is -0.151. The van der Waals surface area contributed by atoms with Crippen molar-refractivity contribution in [3.63, 3.8) is 0 Å². The number of hydrogen-bond acceptors (Lipinski definition) is 7. The van der Waals surface area contributed by atoms with Gasteiger partial charge in [-0.3, -0.25) is 9.59 Å². The number of amides is 1. The fourth-order valence-electron chi connectivity index (χ4n) is 3.83. The molecule has 2 heterocycles. The SMILES string of the molecule is COc1ccc(-c2nc(COC(=O)C3CCN(C(=O)c4ccc(F)cc4)CC3)cs2)cc1OC. The molecule has 0 spiro atoms. The molecule has 178 valence electrons. The number of methoxy groups -OCH3 is 2. The van der Waals surface area contributed by atoms with Crippen molar-refractivity contribution in [2.45, 2.75) is 19.4 Å². The molecule has 9 heteroatoms. The number of piperidine rings is 1. The van der Waals surface area contributed by atoms with Crippen molar-refractivity contribution in [2.75, 3.05) is 27.3 Å². The van der Waals surface area contributed by atoms with E-state index in [2.05, 4.69) is 4.98 Å². The van der Waals surface area contributed by atoms with E-state index in [1.165, 1.54) is 35.6 Å². The second-order valence-electron chi connectivity index (χ2n) is 7.89. The van der Waals surface area contributed by atoms with Gasteiger partial charge in [0, 0.05) is 29.6 Å². The van der Waals surface area contributed by atoms with Gasteiger partial charge in [0.25, 0.3) is 5.91 Å². The number of hydrogen-bond donors (Lipinski definition) is 0. The van der Waals surface area contributed by atoms with Crippen LogP contribution in [0.15, 0.2) is 47.8 Å². The highest BCUT2D eigenvalue weighted by molar-refractivity contribution is 7.13. The Hall–Kier alpha value is -3.46. The summed E-state index contributed by atoms with van der Waals surface area (Å²) in [6, 6.07) is 11.1. The molecule has 2 aromatic carbocycles. The van der Waals surface area contributed by atoms with E-state index in [1.54, 1.807) is 19.1 Å². The second-order valence-corrected chi connectivity index (χ2v) is 8.75. The third-order valence-electron chi connectivity index (χ3n) is 5.75. The van der Waals surface area contributed by atoms with Gasteiger partial charge in [0.1, 0.15) is 17.4 Å². The lowest BCUT2D eigenvalue weighted by Gasteiger charge is -2.31. The number of ether oxygens (including phenoxy) is 3. The summed E-state index contributed by atoms with van der Waals surface area (Å²) in [5.74, 6) is 0.177. The van der Waals surface area contributed by atoms with Crippen LogP contribution in [0, 0.1) is 11.7 Å². The predicted molar refractivity (Wildman–Crippen MR) is 125 cm³/mol. The number of rotatable bonds is 7. The molecular formula is C25H25FN2O5S. The first kappa shape index (κ1) is 23.7. The summed E-state index contributed by atoms with van der Waals surface area (Å²) < 4.78 is 29.2. The quantitative estimate of drug-likeness (QED) is 0.458. The largest absolute Gasteiger partial charge is 0.493 e. The van der Waals surface area contributed by atoms with Gasteiger partial charge in [-0.2, -0.15) is 0 Å².